The van der Waals surface area contributed by atoms with Crippen molar-refractivity contribution in [2.75, 3.05) is 23.4 Å². The highest BCUT2D eigenvalue weighted by Crippen LogP contribution is 2.44. The topological polar surface area (TPSA) is 116 Å². The Balaban J connectivity index is 2.24. The molecule has 8 heteroatoms. The molecule has 5 N–H and O–H groups in total. The standard InChI is InChI=1S/C17H18ClN5O2/c1-3-25-16(24)11-8(2)21-15-13(14(19)22-17(20)23-15)12(11)9-4-6-10(18)7-5-9/h4-7,12H,3H2,1-2H3,(H5,19,20,21,22,23). The number of halogens is 1. The normalized spacial score (nSPS) is 16.2. The van der Waals surface area contributed by atoms with Crippen LogP contribution in [-0.4, -0.2) is 22.5 Å². The molecule has 2 aromatic rings. The van der Waals surface area contributed by atoms with Gasteiger partial charge in [0.25, 0.3) is 0 Å². The smallest absolute Gasteiger partial charge is 0.336 e. The minimum Gasteiger partial charge on any atom is -0.463 e. The lowest BCUT2D eigenvalue weighted by Crippen LogP contribution is -2.26. The molecule has 2 heterocycles. The number of esters is 1. The van der Waals surface area contributed by atoms with Crippen LogP contribution in [0, 0.1) is 0 Å². The van der Waals surface area contributed by atoms with Gasteiger partial charge in [0.15, 0.2) is 0 Å². The Kier molecular flexibility index (Phi) is 4.50. The average molecular weight is 360 g/mol. The van der Waals surface area contributed by atoms with Crippen molar-refractivity contribution in [3.63, 3.8) is 0 Å². The highest BCUT2D eigenvalue weighted by Gasteiger charge is 2.36. The maximum atomic E-state index is 12.6. The third-order valence-electron chi connectivity index (χ3n) is 3.98. The second-order valence-electron chi connectivity index (χ2n) is 5.60. The fraction of sp³-hybridized carbons (Fsp3) is 0.235. The first-order chi connectivity index (χ1) is 11.9. The van der Waals surface area contributed by atoms with E-state index in [4.69, 9.17) is 27.8 Å². The lowest BCUT2D eigenvalue weighted by atomic mass is 9.82. The third-order valence-corrected chi connectivity index (χ3v) is 4.23. The van der Waals surface area contributed by atoms with Crippen LogP contribution in [0.3, 0.4) is 0 Å². The monoisotopic (exact) mass is 359 g/mol. The van der Waals surface area contributed by atoms with Gasteiger partial charge >= 0.3 is 5.97 Å². The average Bonchev–Trinajstić information content (AvgIpc) is 2.54. The minimum absolute atomic E-state index is 0.0611. The lowest BCUT2D eigenvalue weighted by Gasteiger charge is -2.30. The molecule has 1 atom stereocenters. The summed E-state index contributed by atoms with van der Waals surface area (Å²) in [6, 6.07) is 7.19. The summed E-state index contributed by atoms with van der Waals surface area (Å²) in [7, 11) is 0. The fourth-order valence-corrected chi connectivity index (χ4v) is 3.08. The second kappa shape index (κ2) is 6.60. The summed E-state index contributed by atoms with van der Waals surface area (Å²) in [6.07, 6.45) is 0. The van der Waals surface area contributed by atoms with Gasteiger partial charge in [0.1, 0.15) is 11.6 Å². The van der Waals surface area contributed by atoms with Crippen LogP contribution >= 0.6 is 11.6 Å². The molecular formula is C17H18ClN5O2. The van der Waals surface area contributed by atoms with Crippen molar-refractivity contribution in [3.05, 3.63) is 51.7 Å². The van der Waals surface area contributed by atoms with Gasteiger partial charge in [-0.15, -0.1) is 0 Å². The van der Waals surface area contributed by atoms with Crippen molar-refractivity contribution in [1.29, 1.82) is 0 Å². The Morgan fingerprint density at radius 2 is 1.96 bits per heavy atom. The van der Waals surface area contributed by atoms with E-state index in [1.807, 2.05) is 12.1 Å². The van der Waals surface area contributed by atoms with Gasteiger partial charge in [-0.25, -0.2) is 4.79 Å². The summed E-state index contributed by atoms with van der Waals surface area (Å²) < 4.78 is 5.24. The molecule has 25 heavy (non-hydrogen) atoms. The van der Waals surface area contributed by atoms with E-state index in [1.165, 1.54) is 0 Å². The summed E-state index contributed by atoms with van der Waals surface area (Å²) in [6.45, 7) is 3.81. The highest BCUT2D eigenvalue weighted by atomic mass is 35.5. The Hall–Kier alpha value is -2.80. The SMILES string of the molecule is CCOC(=O)C1=C(C)Nc2nc(N)nc(N)c2C1c1ccc(Cl)cc1. The number of nitrogens with zero attached hydrogens (tertiary/aromatic N) is 2. The van der Waals surface area contributed by atoms with E-state index in [2.05, 4.69) is 15.3 Å². The molecule has 0 spiro atoms. The molecule has 0 saturated carbocycles. The predicted molar refractivity (Wildman–Crippen MR) is 97.1 cm³/mol. The molecule has 0 fully saturated rings. The van der Waals surface area contributed by atoms with E-state index in [9.17, 15) is 4.79 Å². The Labute approximate surface area is 150 Å². The van der Waals surface area contributed by atoms with Crippen LogP contribution in [-0.2, 0) is 9.53 Å². The first-order valence-electron chi connectivity index (χ1n) is 7.75. The molecule has 0 amide bonds. The number of allylic oxidation sites excluding steroid dienone is 1. The number of nitrogens with one attached hydrogen (secondary N) is 1. The van der Waals surface area contributed by atoms with Crippen LogP contribution in [0.2, 0.25) is 5.02 Å². The van der Waals surface area contributed by atoms with Crippen LogP contribution < -0.4 is 16.8 Å². The highest BCUT2D eigenvalue weighted by molar-refractivity contribution is 6.30. The molecule has 0 saturated heterocycles. The number of anilines is 3. The zero-order chi connectivity index (χ0) is 18.1. The molecule has 1 unspecified atom stereocenters. The molecule has 130 valence electrons. The number of aromatic nitrogens is 2. The summed E-state index contributed by atoms with van der Waals surface area (Å²) in [5.41, 5.74) is 14.3. The van der Waals surface area contributed by atoms with E-state index in [0.29, 0.717) is 27.7 Å². The Morgan fingerprint density at radius 1 is 1.28 bits per heavy atom. The van der Waals surface area contributed by atoms with E-state index in [1.54, 1.807) is 26.0 Å². The molecule has 3 rings (SSSR count). The second-order valence-corrected chi connectivity index (χ2v) is 6.03. The van der Waals surface area contributed by atoms with Crippen LogP contribution in [0.15, 0.2) is 35.5 Å². The number of hydrogen-bond acceptors (Lipinski definition) is 7. The predicted octanol–water partition coefficient (Wildman–Crippen LogP) is 2.69. The van der Waals surface area contributed by atoms with Crippen LogP contribution in [0.5, 0.6) is 0 Å². The largest absolute Gasteiger partial charge is 0.463 e. The van der Waals surface area contributed by atoms with Crippen LogP contribution in [0.25, 0.3) is 0 Å². The van der Waals surface area contributed by atoms with E-state index in [-0.39, 0.29) is 18.4 Å². The molecule has 1 aliphatic heterocycles. The van der Waals surface area contributed by atoms with E-state index in [0.717, 1.165) is 5.56 Å². The molecular weight excluding hydrogens is 342 g/mol. The number of carbonyl (C=O) groups is 1. The number of fused-ring (bicyclic) bond motifs is 1. The number of carbonyl (C=O) groups excluding carboxylic acids is 1. The van der Waals surface area contributed by atoms with Gasteiger partial charge in [-0.05, 0) is 31.5 Å². The summed E-state index contributed by atoms with van der Waals surface area (Å²) in [5, 5.41) is 3.68. The number of rotatable bonds is 3. The quantitative estimate of drug-likeness (QED) is 0.721. The lowest BCUT2D eigenvalue weighted by molar-refractivity contribution is -0.138. The van der Waals surface area contributed by atoms with Crippen molar-refractivity contribution in [3.8, 4) is 0 Å². The zero-order valence-electron chi connectivity index (χ0n) is 13.8. The van der Waals surface area contributed by atoms with Crippen molar-refractivity contribution < 1.29 is 9.53 Å². The number of nitrogens with two attached hydrogens (primary N) is 2. The summed E-state index contributed by atoms with van der Waals surface area (Å²) >= 11 is 6.00. The van der Waals surface area contributed by atoms with E-state index >= 15 is 0 Å². The zero-order valence-corrected chi connectivity index (χ0v) is 14.6. The van der Waals surface area contributed by atoms with Gasteiger partial charge in [-0.3, -0.25) is 0 Å². The van der Waals surface area contributed by atoms with Crippen molar-refractivity contribution >= 4 is 35.2 Å². The summed E-state index contributed by atoms with van der Waals surface area (Å²) in [4.78, 5) is 20.9. The molecule has 1 aromatic carbocycles. The molecule has 0 bridgehead atoms. The molecule has 1 aliphatic rings. The number of ether oxygens (including phenoxy) is 1. The minimum atomic E-state index is -0.479. The first-order valence-corrected chi connectivity index (χ1v) is 8.13. The number of nitrogen functional groups attached to an aromatic ring is 2. The van der Waals surface area contributed by atoms with Crippen molar-refractivity contribution in [2.45, 2.75) is 19.8 Å². The summed E-state index contributed by atoms with van der Waals surface area (Å²) in [5.74, 6) is -0.145. The molecule has 0 aliphatic carbocycles. The maximum absolute atomic E-state index is 12.6. The van der Waals surface area contributed by atoms with Gasteiger partial charge in [-0.2, -0.15) is 9.97 Å². The van der Waals surface area contributed by atoms with Gasteiger partial charge < -0.3 is 21.5 Å². The van der Waals surface area contributed by atoms with Crippen molar-refractivity contribution in [1.82, 2.24) is 9.97 Å². The van der Waals surface area contributed by atoms with E-state index < -0.39 is 11.9 Å². The number of hydrogen-bond donors (Lipinski definition) is 3. The number of benzene rings is 1. The fourth-order valence-electron chi connectivity index (χ4n) is 2.96. The molecule has 7 nitrogen and oxygen atoms in total. The molecule has 0 radical (unpaired) electrons. The first kappa shape index (κ1) is 17.0. The Bertz CT molecular complexity index is 864. The Morgan fingerprint density at radius 3 is 2.60 bits per heavy atom. The van der Waals surface area contributed by atoms with Gasteiger partial charge in [0.05, 0.1) is 18.1 Å². The molecule has 1 aromatic heterocycles. The van der Waals surface area contributed by atoms with Gasteiger partial charge in [-0.1, -0.05) is 23.7 Å². The maximum Gasteiger partial charge on any atom is 0.336 e. The van der Waals surface area contributed by atoms with Gasteiger partial charge in [0, 0.05) is 16.3 Å². The van der Waals surface area contributed by atoms with Gasteiger partial charge in [0.2, 0.25) is 5.95 Å². The van der Waals surface area contributed by atoms with Crippen molar-refractivity contribution in [2.24, 2.45) is 0 Å². The third kappa shape index (κ3) is 3.10. The van der Waals surface area contributed by atoms with Crippen LogP contribution in [0.1, 0.15) is 30.9 Å². The van der Waals surface area contributed by atoms with Crippen LogP contribution in [0.4, 0.5) is 17.6 Å².